The number of aliphatic carboxylic acids is 1. The van der Waals surface area contributed by atoms with E-state index in [1.807, 2.05) is 0 Å². The highest BCUT2D eigenvalue weighted by molar-refractivity contribution is 7.99. The van der Waals surface area contributed by atoms with E-state index < -0.39 is 17.6 Å². The molecule has 2 nitrogen and oxygen atoms in total. The van der Waals surface area contributed by atoms with Crippen molar-refractivity contribution in [2.75, 3.05) is 0 Å². The summed E-state index contributed by atoms with van der Waals surface area (Å²) >= 11 is 0.415. The molecule has 0 amide bonds. The van der Waals surface area contributed by atoms with Crippen molar-refractivity contribution in [1.82, 2.24) is 0 Å². The van der Waals surface area contributed by atoms with Crippen LogP contribution < -0.4 is 0 Å². The number of carbonyl (C=O) groups is 1. The normalized spacial score (nSPS) is 12.8. The van der Waals surface area contributed by atoms with Crippen LogP contribution in [0.15, 0.2) is 29.2 Å². The summed E-state index contributed by atoms with van der Waals surface area (Å²) in [5.74, 6) is -4.13. The maximum Gasteiger partial charge on any atom is 0.310 e. The minimum absolute atomic E-state index is 0.385. The van der Waals surface area contributed by atoms with Crippen LogP contribution >= 0.6 is 11.8 Å². The van der Waals surface area contributed by atoms with Gasteiger partial charge in [-0.25, -0.2) is 0 Å². The van der Waals surface area contributed by atoms with Crippen LogP contribution in [-0.2, 0) is 4.79 Å². The molecule has 1 aromatic carbocycles. The third kappa shape index (κ3) is 3.51. The van der Waals surface area contributed by atoms with E-state index >= 15 is 0 Å². The number of carboxylic acids is 1. The Kier molecular flexibility index (Phi) is 4.08. The van der Waals surface area contributed by atoms with Gasteiger partial charge in [-0.05, 0) is 24.6 Å². The molecule has 1 atom stereocenters. The molecule has 0 aromatic heterocycles. The average Bonchev–Trinajstić information content (AvgIpc) is 2.16. The van der Waals surface area contributed by atoms with Gasteiger partial charge in [0.05, 0.1) is 5.92 Å². The standard InChI is InChI=1S/C10H10F2O2S/c1-6(9(13)14)7-3-2-4-8(5-7)15-10(11)12/h2-6,10H,1H3,(H,13,14). The SMILES string of the molecule is CC(C(=O)O)c1cccc(SC(F)F)c1. The van der Waals surface area contributed by atoms with Gasteiger partial charge in [0, 0.05) is 4.90 Å². The van der Waals surface area contributed by atoms with E-state index in [4.69, 9.17) is 5.11 Å². The van der Waals surface area contributed by atoms with Crippen LogP contribution in [0, 0.1) is 0 Å². The van der Waals surface area contributed by atoms with Gasteiger partial charge in [0.15, 0.2) is 0 Å². The number of hydrogen-bond donors (Lipinski definition) is 1. The maximum atomic E-state index is 12.1. The number of hydrogen-bond acceptors (Lipinski definition) is 2. The van der Waals surface area contributed by atoms with E-state index in [-0.39, 0.29) is 0 Å². The van der Waals surface area contributed by atoms with E-state index in [1.165, 1.54) is 19.1 Å². The predicted molar refractivity (Wildman–Crippen MR) is 54.4 cm³/mol. The molecule has 0 spiro atoms. The summed E-state index contributed by atoms with van der Waals surface area (Å²) < 4.78 is 24.1. The zero-order chi connectivity index (χ0) is 11.4. The van der Waals surface area contributed by atoms with Crippen LogP contribution in [0.2, 0.25) is 0 Å². The molecule has 82 valence electrons. The quantitative estimate of drug-likeness (QED) is 0.810. The smallest absolute Gasteiger partial charge is 0.310 e. The number of thioether (sulfide) groups is 1. The fourth-order valence-electron chi connectivity index (χ4n) is 1.10. The lowest BCUT2D eigenvalue weighted by Crippen LogP contribution is -2.07. The first-order valence-corrected chi connectivity index (χ1v) is 5.16. The summed E-state index contributed by atoms with van der Waals surface area (Å²) in [5, 5.41) is 8.75. The first-order valence-electron chi connectivity index (χ1n) is 4.28. The van der Waals surface area contributed by atoms with E-state index in [0.29, 0.717) is 22.2 Å². The zero-order valence-electron chi connectivity index (χ0n) is 7.98. The molecule has 0 saturated carbocycles. The Morgan fingerprint density at radius 2 is 2.13 bits per heavy atom. The van der Waals surface area contributed by atoms with Crippen LogP contribution in [-0.4, -0.2) is 16.8 Å². The summed E-state index contributed by atoms with van der Waals surface area (Å²) in [4.78, 5) is 11.1. The third-order valence-electron chi connectivity index (χ3n) is 1.95. The predicted octanol–water partition coefficient (Wildman–Crippen LogP) is 3.19. The first kappa shape index (κ1) is 12.0. The topological polar surface area (TPSA) is 37.3 Å². The molecule has 0 aliphatic carbocycles. The molecular formula is C10H10F2O2S. The number of carboxylic acid groups (broad SMARTS) is 1. The minimum Gasteiger partial charge on any atom is -0.481 e. The van der Waals surface area contributed by atoms with Gasteiger partial charge < -0.3 is 5.11 Å². The number of alkyl halides is 2. The van der Waals surface area contributed by atoms with Crippen molar-refractivity contribution in [2.24, 2.45) is 0 Å². The monoisotopic (exact) mass is 232 g/mol. The fourth-order valence-corrected chi connectivity index (χ4v) is 1.67. The molecule has 0 saturated heterocycles. The number of halogens is 2. The Morgan fingerprint density at radius 3 is 2.67 bits per heavy atom. The van der Waals surface area contributed by atoms with E-state index in [0.717, 1.165) is 0 Å². The fraction of sp³-hybridized carbons (Fsp3) is 0.300. The molecule has 0 aliphatic rings. The van der Waals surface area contributed by atoms with Crippen molar-refractivity contribution in [1.29, 1.82) is 0 Å². The summed E-state index contributed by atoms with van der Waals surface area (Å²) in [6.45, 7) is 1.52. The molecule has 0 fully saturated rings. The van der Waals surface area contributed by atoms with Crippen LogP contribution in [0.3, 0.4) is 0 Å². The molecular weight excluding hydrogens is 222 g/mol. The van der Waals surface area contributed by atoms with Gasteiger partial charge in [-0.3, -0.25) is 4.79 Å². The van der Waals surface area contributed by atoms with Gasteiger partial charge in [0.2, 0.25) is 0 Å². The summed E-state index contributed by atoms with van der Waals surface area (Å²) in [7, 11) is 0. The Morgan fingerprint density at radius 1 is 1.47 bits per heavy atom. The van der Waals surface area contributed by atoms with Gasteiger partial charge in [-0.2, -0.15) is 8.78 Å². The number of benzene rings is 1. The second kappa shape index (κ2) is 5.11. The molecule has 0 aliphatic heterocycles. The van der Waals surface area contributed by atoms with Crippen LogP contribution in [0.1, 0.15) is 18.4 Å². The molecule has 0 bridgehead atoms. The highest BCUT2D eigenvalue weighted by Gasteiger charge is 2.14. The zero-order valence-corrected chi connectivity index (χ0v) is 8.80. The Balaban J connectivity index is 2.87. The van der Waals surface area contributed by atoms with E-state index in [1.54, 1.807) is 12.1 Å². The molecule has 1 N–H and O–H groups in total. The van der Waals surface area contributed by atoms with E-state index in [2.05, 4.69) is 0 Å². The van der Waals surface area contributed by atoms with Crippen LogP contribution in [0.4, 0.5) is 8.78 Å². The van der Waals surface area contributed by atoms with E-state index in [9.17, 15) is 13.6 Å². The Bertz CT molecular complexity index is 355. The summed E-state index contributed by atoms with van der Waals surface area (Å²) in [6.07, 6.45) is 0. The van der Waals surface area contributed by atoms with Gasteiger partial charge >= 0.3 is 5.97 Å². The highest BCUT2D eigenvalue weighted by atomic mass is 32.2. The van der Waals surface area contributed by atoms with Crippen molar-refractivity contribution >= 4 is 17.7 Å². The largest absolute Gasteiger partial charge is 0.481 e. The number of rotatable bonds is 4. The van der Waals surface area contributed by atoms with Gasteiger partial charge in [-0.1, -0.05) is 23.9 Å². The lowest BCUT2D eigenvalue weighted by atomic mass is 10.0. The van der Waals surface area contributed by atoms with Crippen molar-refractivity contribution in [3.8, 4) is 0 Å². The first-order chi connectivity index (χ1) is 7.00. The third-order valence-corrected chi connectivity index (χ3v) is 2.66. The van der Waals surface area contributed by atoms with Crippen LogP contribution in [0.25, 0.3) is 0 Å². The second-order valence-corrected chi connectivity index (χ2v) is 4.07. The molecule has 15 heavy (non-hydrogen) atoms. The minimum atomic E-state index is -2.49. The summed E-state index contributed by atoms with van der Waals surface area (Å²) in [5.41, 5.74) is 0.535. The van der Waals surface area contributed by atoms with Gasteiger partial charge in [0.25, 0.3) is 5.76 Å². The van der Waals surface area contributed by atoms with Crippen molar-refractivity contribution < 1.29 is 18.7 Å². The molecule has 1 rings (SSSR count). The van der Waals surface area contributed by atoms with Crippen LogP contribution in [0.5, 0.6) is 0 Å². The Hall–Kier alpha value is -1.10. The summed E-state index contributed by atoms with van der Waals surface area (Å²) in [6, 6.07) is 6.22. The lowest BCUT2D eigenvalue weighted by Gasteiger charge is -2.08. The van der Waals surface area contributed by atoms with Gasteiger partial charge in [-0.15, -0.1) is 0 Å². The lowest BCUT2D eigenvalue weighted by molar-refractivity contribution is -0.138. The van der Waals surface area contributed by atoms with Crippen molar-refractivity contribution in [3.63, 3.8) is 0 Å². The maximum absolute atomic E-state index is 12.1. The molecule has 0 radical (unpaired) electrons. The second-order valence-electron chi connectivity index (χ2n) is 3.01. The Labute approximate surface area is 90.3 Å². The molecule has 1 unspecified atom stereocenters. The van der Waals surface area contributed by atoms with Crippen molar-refractivity contribution in [3.05, 3.63) is 29.8 Å². The highest BCUT2D eigenvalue weighted by Crippen LogP contribution is 2.27. The average molecular weight is 232 g/mol. The molecule has 1 aromatic rings. The van der Waals surface area contributed by atoms with Gasteiger partial charge in [0.1, 0.15) is 0 Å². The molecule has 0 heterocycles. The van der Waals surface area contributed by atoms with Crippen molar-refractivity contribution in [2.45, 2.75) is 23.5 Å². The molecule has 5 heteroatoms.